The second-order valence-electron chi connectivity index (χ2n) is 3.75. The molecule has 0 aromatic carbocycles. The molecule has 0 aliphatic heterocycles. The number of hydrogen-bond donors (Lipinski definition) is 1. The van der Waals surface area contributed by atoms with Crippen LogP contribution in [0.15, 0.2) is 12.2 Å². The smallest absolute Gasteiger partial charge is 0.0730 e. The molecule has 1 aliphatic carbocycles. The first-order valence-corrected chi connectivity index (χ1v) is 4.71. The van der Waals surface area contributed by atoms with Gasteiger partial charge in [-0.1, -0.05) is 25.0 Å². The van der Waals surface area contributed by atoms with Crippen LogP contribution in [0.4, 0.5) is 0 Å². The summed E-state index contributed by atoms with van der Waals surface area (Å²) in [7, 11) is 0. The van der Waals surface area contributed by atoms with Crippen LogP contribution in [0.1, 0.15) is 32.6 Å². The average Bonchev–Trinajstić information content (AvgIpc) is 2.03. The van der Waals surface area contributed by atoms with E-state index in [1.54, 1.807) is 0 Å². The molecule has 0 aromatic heterocycles. The second kappa shape index (κ2) is 4.63. The summed E-state index contributed by atoms with van der Waals surface area (Å²) in [6, 6.07) is 0.248. The molecule has 0 bridgehead atoms. The molecule has 2 nitrogen and oxygen atoms in total. The Morgan fingerprint density at radius 3 is 2.75 bits per heavy atom. The highest BCUT2D eigenvalue weighted by Gasteiger charge is 2.21. The van der Waals surface area contributed by atoms with Crippen molar-refractivity contribution in [3.8, 4) is 0 Å². The van der Waals surface area contributed by atoms with Crippen LogP contribution in [-0.4, -0.2) is 18.8 Å². The number of rotatable bonds is 3. The van der Waals surface area contributed by atoms with Crippen molar-refractivity contribution in [2.75, 3.05) is 6.61 Å². The lowest BCUT2D eigenvalue weighted by molar-refractivity contribution is 0.0285. The summed E-state index contributed by atoms with van der Waals surface area (Å²) in [5.74, 6) is 0. The average molecular weight is 169 g/mol. The zero-order valence-corrected chi connectivity index (χ0v) is 7.88. The molecular weight excluding hydrogens is 150 g/mol. The van der Waals surface area contributed by atoms with E-state index in [1.165, 1.54) is 12.8 Å². The molecule has 0 radical (unpaired) electrons. The third-order valence-electron chi connectivity index (χ3n) is 2.30. The standard InChI is InChI=1S/C10H19NO/c1-8(2)7-12-10-6-4-3-5-9(10)11/h9-10H,1,3-7,11H2,2H3. The minimum absolute atomic E-state index is 0.248. The molecule has 0 spiro atoms. The highest BCUT2D eigenvalue weighted by molar-refractivity contribution is 4.89. The third kappa shape index (κ3) is 2.95. The van der Waals surface area contributed by atoms with Crippen LogP contribution in [0.2, 0.25) is 0 Å². The third-order valence-corrected chi connectivity index (χ3v) is 2.30. The molecule has 2 atom stereocenters. The molecule has 1 aliphatic rings. The van der Waals surface area contributed by atoms with Crippen LogP contribution < -0.4 is 5.73 Å². The lowest BCUT2D eigenvalue weighted by Gasteiger charge is -2.28. The van der Waals surface area contributed by atoms with Gasteiger partial charge < -0.3 is 10.5 Å². The van der Waals surface area contributed by atoms with Crippen LogP contribution in [0.3, 0.4) is 0 Å². The molecule has 2 heteroatoms. The van der Waals surface area contributed by atoms with Gasteiger partial charge in [0.1, 0.15) is 0 Å². The Hall–Kier alpha value is -0.340. The summed E-state index contributed by atoms with van der Waals surface area (Å²) in [6.07, 6.45) is 5.02. The minimum Gasteiger partial charge on any atom is -0.372 e. The summed E-state index contributed by atoms with van der Waals surface area (Å²) < 4.78 is 5.63. The maximum absolute atomic E-state index is 5.91. The van der Waals surface area contributed by atoms with Crippen LogP contribution in [-0.2, 0) is 4.74 Å². The van der Waals surface area contributed by atoms with Crippen molar-refractivity contribution in [2.45, 2.75) is 44.8 Å². The first-order chi connectivity index (χ1) is 5.70. The molecular formula is C10H19NO. The van der Waals surface area contributed by atoms with Crippen molar-refractivity contribution >= 4 is 0 Å². The summed E-state index contributed by atoms with van der Waals surface area (Å²) in [5.41, 5.74) is 6.99. The van der Waals surface area contributed by atoms with Gasteiger partial charge in [-0.2, -0.15) is 0 Å². The Morgan fingerprint density at radius 2 is 2.17 bits per heavy atom. The molecule has 2 N–H and O–H groups in total. The largest absolute Gasteiger partial charge is 0.372 e. The molecule has 1 rings (SSSR count). The van der Waals surface area contributed by atoms with Gasteiger partial charge in [-0.3, -0.25) is 0 Å². The van der Waals surface area contributed by atoms with E-state index in [0.29, 0.717) is 6.61 Å². The zero-order chi connectivity index (χ0) is 8.97. The normalized spacial score (nSPS) is 30.2. The van der Waals surface area contributed by atoms with E-state index in [2.05, 4.69) is 6.58 Å². The van der Waals surface area contributed by atoms with Crippen molar-refractivity contribution in [1.29, 1.82) is 0 Å². The quantitative estimate of drug-likeness (QED) is 0.654. The van der Waals surface area contributed by atoms with Gasteiger partial charge in [0, 0.05) is 6.04 Å². The van der Waals surface area contributed by atoms with Gasteiger partial charge in [0.05, 0.1) is 12.7 Å². The fourth-order valence-corrected chi connectivity index (χ4v) is 1.58. The van der Waals surface area contributed by atoms with Crippen LogP contribution >= 0.6 is 0 Å². The number of ether oxygens (including phenoxy) is 1. The van der Waals surface area contributed by atoms with Crippen LogP contribution in [0.25, 0.3) is 0 Å². The highest BCUT2D eigenvalue weighted by atomic mass is 16.5. The van der Waals surface area contributed by atoms with Crippen molar-refractivity contribution < 1.29 is 4.74 Å². The molecule has 1 saturated carbocycles. The van der Waals surface area contributed by atoms with Gasteiger partial charge in [0.25, 0.3) is 0 Å². The first-order valence-electron chi connectivity index (χ1n) is 4.71. The van der Waals surface area contributed by atoms with E-state index in [4.69, 9.17) is 10.5 Å². The Labute approximate surface area is 74.8 Å². The maximum atomic E-state index is 5.91. The summed E-state index contributed by atoms with van der Waals surface area (Å²) in [6.45, 7) is 6.44. The molecule has 0 amide bonds. The van der Waals surface area contributed by atoms with Crippen molar-refractivity contribution in [3.05, 3.63) is 12.2 Å². The van der Waals surface area contributed by atoms with E-state index in [9.17, 15) is 0 Å². The molecule has 0 aromatic rings. The molecule has 0 heterocycles. The fraction of sp³-hybridized carbons (Fsp3) is 0.800. The lowest BCUT2D eigenvalue weighted by Crippen LogP contribution is -2.39. The predicted octanol–water partition coefficient (Wildman–Crippen LogP) is 1.85. The number of hydrogen-bond acceptors (Lipinski definition) is 2. The summed E-state index contributed by atoms with van der Waals surface area (Å²) in [5, 5.41) is 0. The molecule has 1 fully saturated rings. The maximum Gasteiger partial charge on any atom is 0.0730 e. The first kappa shape index (κ1) is 9.75. The Morgan fingerprint density at radius 1 is 1.50 bits per heavy atom. The van der Waals surface area contributed by atoms with E-state index < -0.39 is 0 Å². The van der Waals surface area contributed by atoms with E-state index in [1.807, 2.05) is 6.92 Å². The molecule has 2 unspecified atom stereocenters. The Kier molecular flexibility index (Phi) is 3.76. The molecule has 70 valence electrons. The summed E-state index contributed by atoms with van der Waals surface area (Å²) >= 11 is 0. The molecule has 0 saturated heterocycles. The second-order valence-corrected chi connectivity index (χ2v) is 3.75. The number of nitrogens with two attached hydrogens (primary N) is 1. The van der Waals surface area contributed by atoms with Gasteiger partial charge in [-0.25, -0.2) is 0 Å². The van der Waals surface area contributed by atoms with Crippen molar-refractivity contribution in [3.63, 3.8) is 0 Å². The van der Waals surface area contributed by atoms with Crippen molar-refractivity contribution in [2.24, 2.45) is 5.73 Å². The van der Waals surface area contributed by atoms with Crippen molar-refractivity contribution in [1.82, 2.24) is 0 Å². The topological polar surface area (TPSA) is 35.2 Å². The summed E-state index contributed by atoms with van der Waals surface area (Å²) in [4.78, 5) is 0. The van der Waals surface area contributed by atoms with Gasteiger partial charge in [-0.05, 0) is 19.8 Å². The Balaban J connectivity index is 2.24. The van der Waals surface area contributed by atoms with Gasteiger partial charge in [-0.15, -0.1) is 0 Å². The van der Waals surface area contributed by atoms with Gasteiger partial charge >= 0.3 is 0 Å². The van der Waals surface area contributed by atoms with Crippen LogP contribution in [0.5, 0.6) is 0 Å². The molecule has 12 heavy (non-hydrogen) atoms. The minimum atomic E-state index is 0.248. The monoisotopic (exact) mass is 169 g/mol. The highest BCUT2D eigenvalue weighted by Crippen LogP contribution is 2.19. The van der Waals surface area contributed by atoms with E-state index >= 15 is 0 Å². The zero-order valence-electron chi connectivity index (χ0n) is 7.88. The van der Waals surface area contributed by atoms with E-state index in [0.717, 1.165) is 18.4 Å². The van der Waals surface area contributed by atoms with Crippen LogP contribution in [0, 0.1) is 0 Å². The lowest BCUT2D eigenvalue weighted by atomic mass is 9.93. The van der Waals surface area contributed by atoms with Gasteiger partial charge in [0.2, 0.25) is 0 Å². The van der Waals surface area contributed by atoms with E-state index in [-0.39, 0.29) is 12.1 Å². The fourth-order valence-electron chi connectivity index (χ4n) is 1.58. The SMILES string of the molecule is C=C(C)COC1CCCCC1N. The van der Waals surface area contributed by atoms with Gasteiger partial charge in [0.15, 0.2) is 0 Å². The Bertz CT molecular complexity index is 156. The predicted molar refractivity (Wildman–Crippen MR) is 51.0 cm³/mol.